The van der Waals surface area contributed by atoms with E-state index in [2.05, 4.69) is 5.32 Å². The molecule has 1 atom stereocenters. The molecule has 0 bridgehead atoms. The van der Waals surface area contributed by atoms with Gasteiger partial charge >= 0.3 is 5.97 Å². The maximum atomic E-state index is 12.0. The average Bonchev–Trinajstić information content (AvgIpc) is 2.77. The van der Waals surface area contributed by atoms with Crippen molar-refractivity contribution in [2.75, 3.05) is 13.2 Å². The summed E-state index contributed by atoms with van der Waals surface area (Å²) in [6.45, 7) is 3.95. The Morgan fingerprint density at radius 1 is 1.47 bits per heavy atom. The molecular formula is C11H20N2O4. The normalized spacial score (nSPS) is 24.6. The highest BCUT2D eigenvalue weighted by molar-refractivity contribution is 5.92. The fourth-order valence-corrected chi connectivity index (χ4v) is 1.80. The summed E-state index contributed by atoms with van der Waals surface area (Å²) in [5, 5.41) is 11.7. The van der Waals surface area contributed by atoms with Crippen molar-refractivity contribution in [1.82, 2.24) is 5.32 Å². The van der Waals surface area contributed by atoms with Gasteiger partial charge in [-0.25, -0.2) is 4.79 Å². The molecule has 0 aromatic carbocycles. The first-order chi connectivity index (χ1) is 7.90. The molecule has 98 valence electrons. The van der Waals surface area contributed by atoms with Gasteiger partial charge in [0.2, 0.25) is 5.91 Å². The van der Waals surface area contributed by atoms with Crippen LogP contribution in [-0.4, -0.2) is 41.3 Å². The number of carboxylic acid groups (broad SMARTS) is 1. The molecule has 1 aliphatic rings. The Bertz CT molecular complexity index is 307. The smallest absolute Gasteiger partial charge is 0.331 e. The summed E-state index contributed by atoms with van der Waals surface area (Å²) in [5.74, 6) is -1.49. The van der Waals surface area contributed by atoms with Gasteiger partial charge in [-0.1, -0.05) is 13.8 Å². The summed E-state index contributed by atoms with van der Waals surface area (Å²) in [6.07, 6.45) is 1.20. The molecule has 6 heteroatoms. The van der Waals surface area contributed by atoms with Gasteiger partial charge < -0.3 is 20.9 Å². The molecular weight excluding hydrogens is 224 g/mol. The number of amides is 1. The van der Waals surface area contributed by atoms with Crippen molar-refractivity contribution >= 4 is 11.9 Å². The monoisotopic (exact) mass is 244 g/mol. The van der Waals surface area contributed by atoms with Gasteiger partial charge in [-0.3, -0.25) is 4.79 Å². The molecule has 6 nitrogen and oxygen atoms in total. The number of aliphatic carboxylic acids is 1. The number of ether oxygens (including phenoxy) is 1. The molecule has 1 rings (SSSR count). The van der Waals surface area contributed by atoms with Crippen LogP contribution in [-0.2, 0) is 14.3 Å². The molecule has 0 radical (unpaired) electrons. The molecule has 17 heavy (non-hydrogen) atoms. The Labute approximate surface area is 101 Å². The van der Waals surface area contributed by atoms with Crippen molar-refractivity contribution in [3.8, 4) is 0 Å². The minimum atomic E-state index is -1.31. The first kappa shape index (κ1) is 13.9. The molecule has 1 saturated heterocycles. The van der Waals surface area contributed by atoms with Gasteiger partial charge in [-0.05, 0) is 12.8 Å². The number of carbonyl (C=O) groups is 2. The predicted octanol–water partition coefficient (Wildman–Crippen LogP) is -0.136. The highest BCUT2D eigenvalue weighted by Crippen LogP contribution is 2.21. The SMILES string of the molecule is CCC(N)(CC)C(=O)NC1(C(=O)O)CCOC1. The number of carbonyl (C=O) groups excluding carboxylic acids is 1. The van der Waals surface area contributed by atoms with E-state index in [0.29, 0.717) is 19.4 Å². The van der Waals surface area contributed by atoms with Crippen molar-refractivity contribution in [2.45, 2.75) is 44.2 Å². The maximum Gasteiger partial charge on any atom is 0.331 e. The lowest BCUT2D eigenvalue weighted by Crippen LogP contribution is -2.63. The van der Waals surface area contributed by atoms with Crippen LogP contribution < -0.4 is 11.1 Å². The van der Waals surface area contributed by atoms with E-state index < -0.39 is 23.0 Å². The standard InChI is InChI=1S/C11H20N2O4/c1-3-10(12,4-2)8(14)13-11(9(15)16)5-6-17-7-11/h3-7,12H2,1-2H3,(H,13,14)(H,15,16). The van der Waals surface area contributed by atoms with E-state index in [1.165, 1.54) is 0 Å². The Hall–Kier alpha value is -1.14. The number of hydrogen-bond donors (Lipinski definition) is 3. The van der Waals surface area contributed by atoms with Crippen molar-refractivity contribution < 1.29 is 19.4 Å². The minimum absolute atomic E-state index is 0.00240. The Balaban J connectivity index is 2.82. The summed E-state index contributed by atoms with van der Waals surface area (Å²) in [7, 11) is 0. The van der Waals surface area contributed by atoms with E-state index in [9.17, 15) is 14.7 Å². The molecule has 0 saturated carbocycles. The second kappa shape index (κ2) is 5.01. The van der Waals surface area contributed by atoms with Gasteiger partial charge in [0.05, 0.1) is 12.1 Å². The van der Waals surface area contributed by atoms with Crippen LogP contribution in [0.2, 0.25) is 0 Å². The third kappa shape index (κ3) is 2.58. The van der Waals surface area contributed by atoms with Crippen LogP contribution in [0.15, 0.2) is 0 Å². The average molecular weight is 244 g/mol. The summed E-state index contributed by atoms with van der Waals surface area (Å²) in [4.78, 5) is 23.3. The van der Waals surface area contributed by atoms with Crippen molar-refractivity contribution in [3.05, 3.63) is 0 Å². The second-order valence-electron chi connectivity index (χ2n) is 4.51. The fraction of sp³-hybridized carbons (Fsp3) is 0.818. The van der Waals surface area contributed by atoms with E-state index in [4.69, 9.17) is 10.5 Å². The quantitative estimate of drug-likeness (QED) is 0.625. The van der Waals surface area contributed by atoms with Gasteiger partial charge in [-0.2, -0.15) is 0 Å². The van der Waals surface area contributed by atoms with E-state index in [1.54, 1.807) is 0 Å². The molecule has 1 fully saturated rings. The molecule has 4 N–H and O–H groups in total. The van der Waals surface area contributed by atoms with E-state index in [-0.39, 0.29) is 13.0 Å². The minimum Gasteiger partial charge on any atom is -0.479 e. The van der Waals surface area contributed by atoms with Crippen LogP contribution in [0.1, 0.15) is 33.1 Å². The first-order valence-corrected chi connectivity index (χ1v) is 5.83. The maximum absolute atomic E-state index is 12.0. The van der Waals surface area contributed by atoms with E-state index in [0.717, 1.165) is 0 Å². The fourth-order valence-electron chi connectivity index (χ4n) is 1.80. The molecule has 0 spiro atoms. The van der Waals surface area contributed by atoms with Gasteiger partial charge in [0, 0.05) is 13.0 Å². The largest absolute Gasteiger partial charge is 0.479 e. The third-order valence-corrected chi connectivity index (χ3v) is 3.50. The van der Waals surface area contributed by atoms with Crippen molar-refractivity contribution in [2.24, 2.45) is 5.73 Å². The van der Waals surface area contributed by atoms with Crippen molar-refractivity contribution in [1.29, 1.82) is 0 Å². The van der Waals surface area contributed by atoms with Crippen LogP contribution in [0, 0.1) is 0 Å². The molecule has 0 aliphatic carbocycles. The van der Waals surface area contributed by atoms with Gasteiger partial charge in [0.15, 0.2) is 5.54 Å². The molecule has 1 heterocycles. The van der Waals surface area contributed by atoms with Crippen LogP contribution in [0.25, 0.3) is 0 Å². The summed E-state index contributed by atoms with van der Waals surface area (Å²) in [5.41, 5.74) is 3.61. The number of rotatable bonds is 5. The van der Waals surface area contributed by atoms with Crippen LogP contribution in [0.4, 0.5) is 0 Å². The molecule has 1 amide bonds. The number of hydrogen-bond acceptors (Lipinski definition) is 4. The van der Waals surface area contributed by atoms with Gasteiger partial charge in [0.1, 0.15) is 0 Å². The van der Waals surface area contributed by atoms with E-state index in [1.807, 2.05) is 13.8 Å². The van der Waals surface area contributed by atoms with Crippen LogP contribution in [0.3, 0.4) is 0 Å². The topological polar surface area (TPSA) is 102 Å². The summed E-state index contributed by atoms with van der Waals surface area (Å²) in [6, 6.07) is 0. The lowest BCUT2D eigenvalue weighted by molar-refractivity contribution is -0.148. The molecule has 0 aromatic rings. The second-order valence-corrected chi connectivity index (χ2v) is 4.51. The number of carboxylic acids is 1. The third-order valence-electron chi connectivity index (χ3n) is 3.50. The highest BCUT2D eigenvalue weighted by atomic mass is 16.5. The summed E-state index contributed by atoms with van der Waals surface area (Å²) < 4.78 is 5.07. The zero-order chi connectivity index (χ0) is 13.1. The zero-order valence-electron chi connectivity index (χ0n) is 10.3. The zero-order valence-corrected chi connectivity index (χ0v) is 10.3. The molecule has 1 unspecified atom stereocenters. The molecule has 0 aromatic heterocycles. The lowest BCUT2D eigenvalue weighted by Gasteiger charge is -2.31. The predicted molar refractivity (Wildman–Crippen MR) is 61.4 cm³/mol. The van der Waals surface area contributed by atoms with Crippen molar-refractivity contribution in [3.63, 3.8) is 0 Å². The van der Waals surface area contributed by atoms with Crippen LogP contribution in [0.5, 0.6) is 0 Å². The summed E-state index contributed by atoms with van der Waals surface area (Å²) >= 11 is 0. The van der Waals surface area contributed by atoms with E-state index >= 15 is 0 Å². The Morgan fingerprint density at radius 2 is 2.06 bits per heavy atom. The van der Waals surface area contributed by atoms with Gasteiger partial charge in [0.25, 0.3) is 0 Å². The van der Waals surface area contributed by atoms with Gasteiger partial charge in [-0.15, -0.1) is 0 Å². The highest BCUT2D eigenvalue weighted by Gasteiger charge is 2.46. The lowest BCUT2D eigenvalue weighted by atomic mass is 9.90. The van der Waals surface area contributed by atoms with Crippen LogP contribution >= 0.6 is 0 Å². The number of nitrogens with one attached hydrogen (secondary N) is 1. The molecule has 1 aliphatic heterocycles. The Morgan fingerprint density at radius 3 is 2.41 bits per heavy atom. The number of nitrogens with two attached hydrogens (primary N) is 1. The Kier molecular flexibility index (Phi) is 4.11. The first-order valence-electron chi connectivity index (χ1n) is 5.83.